The lowest BCUT2D eigenvalue weighted by Crippen LogP contribution is -2.26. The third-order valence-corrected chi connectivity index (χ3v) is 3.08. The lowest BCUT2D eigenvalue weighted by atomic mass is 10.1. The Labute approximate surface area is 130 Å². The first-order valence-corrected chi connectivity index (χ1v) is 7.55. The Balaban J connectivity index is 2.28. The highest BCUT2D eigenvalue weighted by Gasteiger charge is 2.07. The van der Waals surface area contributed by atoms with E-state index in [0.29, 0.717) is 18.2 Å². The standard InChI is InChI=1S/C17H23N3O2/c1-11(2)18-10-14-9-16(19-20-17(14)21)13-6-5-7-15(8-13)22-12(3)4/h5-9,11-12,18H,10H2,1-4H3,(H,20,21). The summed E-state index contributed by atoms with van der Waals surface area (Å²) in [7, 11) is 0. The normalized spacial score (nSPS) is 11.2. The summed E-state index contributed by atoms with van der Waals surface area (Å²) in [4.78, 5) is 11.8. The molecule has 0 aliphatic rings. The predicted octanol–water partition coefficient (Wildman–Crippen LogP) is 2.72. The molecule has 2 N–H and O–H groups in total. The molecule has 1 heterocycles. The van der Waals surface area contributed by atoms with Crippen LogP contribution in [0.4, 0.5) is 0 Å². The number of benzene rings is 1. The molecule has 0 spiro atoms. The second kappa shape index (κ2) is 7.22. The van der Waals surface area contributed by atoms with Crippen LogP contribution < -0.4 is 15.6 Å². The molecule has 0 saturated carbocycles. The number of hydrogen-bond donors (Lipinski definition) is 2. The third kappa shape index (κ3) is 4.43. The van der Waals surface area contributed by atoms with Crippen molar-refractivity contribution in [2.24, 2.45) is 0 Å². The maximum atomic E-state index is 11.8. The zero-order valence-electron chi connectivity index (χ0n) is 13.5. The Morgan fingerprint density at radius 1 is 1.23 bits per heavy atom. The molecule has 0 amide bonds. The van der Waals surface area contributed by atoms with Gasteiger partial charge in [0.2, 0.25) is 0 Å². The highest BCUT2D eigenvalue weighted by molar-refractivity contribution is 5.61. The van der Waals surface area contributed by atoms with E-state index in [1.807, 2.05) is 58.0 Å². The molecule has 0 aliphatic heterocycles. The first-order chi connectivity index (χ1) is 10.5. The summed E-state index contributed by atoms with van der Waals surface area (Å²) < 4.78 is 5.70. The molecule has 118 valence electrons. The van der Waals surface area contributed by atoms with Crippen LogP contribution in [0.3, 0.4) is 0 Å². The lowest BCUT2D eigenvalue weighted by Gasteiger charge is -2.11. The SMILES string of the molecule is CC(C)NCc1cc(-c2cccc(OC(C)C)c2)n[nH]c1=O. The molecule has 2 rings (SSSR count). The minimum atomic E-state index is -0.161. The fraction of sp³-hybridized carbons (Fsp3) is 0.412. The first kappa shape index (κ1) is 16.2. The number of hydrogen-bond acceptors (Lipinski definition) is 4. The fourth-order valence-corrected chi connectivity index (χ4v) is 2.04. The number of H-pyrrole nitrogens is 1. The Kier molecular flexibility index (Phi) is 5.33. The van der Waals surface area contributed by atoms with Crippen LogP contribution in [0, 0.1) is 0 Å². The van der Waals surface area contributed by atoms with Crippen molar-refractivity contribution in [3.05, 3.63) is 46.2 Å². The van der Waals surface area contributed by atoms with Crippen molar-refractivity contribution in [2.45, 2.75) is 46.4 Å². The van der Waals surface area contributed by atoms with Gasteiger partial charge in [-0.2, -0.15) is 5.10 Å². The van der Waals surface area contributed by atoms with E-state index in [0.717, 1.165) is 17.0 Å². The van der Waals surface area contributed by atoms with E-state index in [9.17, 15) is 4.79 Å². The van der Waals surface area contributed by atoms with Gasteiger partial charge in [0, 0.05) is 23.7 Å². The molecule has 2 aromatic rings. The van der Waals surface area contributed by atoms with Crippen LogP contribution in [-0.4, -0.2) is 22.3 Å². The van der Waals surface area contributed by atoms with Crippen molar-refractivity contribution in [1.29, 1.82) is 0 Å². The maximum Gasteiger partial charge on any atom is 0.268 e. The average Bonchev–Trinajstić information content (AvgIpc) is 2.46. The molecule has 0 saturated heterocycles. The van der Waals surface area contributed by atoms with Crippen LogP contribution in [0.15, 0.2) is 35.1 Å². The summed E-state index contributed by atoms with van der Waals surface area (Å²) in [5, 5.41) is 9.95. The van der Waals surface area contributed by atoms with Crippen LogP contribution in [0.25, 0.3) is 11.3 Å². The molecule has 0 unspecified atom stereocenters. The van der Waals surface area contributed by atoms with Gasteiger partial charge in [-0.3, -0.25) is 4.79 Å². The Hall–Kier alpha value is -2.14. The Morgan fingerprint density at radius 2 is 2.00 bits per heavy atom. The molecule has 5 heteroatoms. The van der Waals surface area contributed by atoms with Gasteiger partial charge in [-0.25, -0.2) is 5.10 Å². The van der Waals surface area contributed by atoms with Crippen molar-refractivity contribution in [3.8, 4) is 17.0 Å². The topological polar surface area (TPSA) is 67.0 Å². The molecule has 0 bridgehead atoms. The molecular formula is C17H23N3O2. The van der Waals surface area contributed by atoms with E-state index >= 15 is 0 Å². The summed E-state index contributed by atoms with van der Waals surface area (Å²) in [5.41, 5.74) is 2.16. The molecule has 0 radical (unpaired) electrons. The molecule has 1 aromatic carbocycles. The summed E-state index contributed by atoms with van der Waals surface area (Å²) in [6.07, 6.45) is 0.115. The summed E-state index contributed by atoms with van der Waals surface area (Å²) in [6, 6.07) is 9.86. The summed E-state index contributed by atoms with van der Waals surface area (Å²) >= 11 is 0. The smallest absolute Gasteiger partial charge is 0.268 e. The van der Waals surface area contributed by atoms with Gasteiger partial charge >= 0.3 is 0 Å². The first-order valence-electron chi connectivity index (χ1n) is 7.55. The van der Waals surface area contributed by atoms with Crippen molar-refractivity contribution in [2.75, 3.05) is 0 Å². The van der Waals surface area contributed by atoms with Crippen LogP contribution in [-0.2, 0) is 6.54 Å². The highest BCUT2D eigenvalue weighted by Crippen LogP contribution is 2.22. The van der Waals surface area contributed by atoms with Gasteiger partial charge in [0.25, 0.3) is 5.56 Å². The molecular weight excluding hydrogens is 278 g/mol. The fourth-order valence-electron chi connectivity index (χ4n) is 2.04. The van der Waals surface area contributed by atoms with Gasteiger partial charge in [-0.1, -0.05) is 26.0 Å². The summed E-state index contributed by atoms with van der Waals surface area (Å²) in [5.74, 6) is 0.794. The quantitative estimate of drug-likeness (QED) is 0.861. The van der Waals surface area contributed by atoms with Crippen molar-refractivity contribution in [3.63, 3.8) is 0 Å². The van der Waals surface area contributed by atoms with E-state index in [-0.39, 0.29) is 11.7 Å². The predicted molar refractivity (Wildman–Crippen MR) is 88.0 cm³/mol. The second-order valence-corrected chi connectivity index (χ2v) is 5.84. The molecule has 0 atom stereocenters. The van der Waals surface area contributed by atoms with E-state index in [1.54, 1.807) is 0 Å². The van der Waals surface area contributed by atoms with Gasteiger partial charge < -0.3 is 10.1 Å². The van der Waals surface area contributed by atoms with E-state index in [4.69, 9.17) is 4.74 Å². The minimum Gasteiger partial charge on any atom is -0.491 e. The Morgan fingerprint density at radius 3 is 2.68 bits per heavy atom. The molecule has 5 nitrogen and oxygen atoms in total. The molecule has 1 aromatic heterocycles. The number of nitrogens with one attached hydrogen (secondary N) is 2. The van der Waals surface area contributed by atoms with Gasteiger partial charge in [0.15, 0.2) is 0 Å². The number of aromatic nitrogens is 2. The highest BCUT2D eigenvalue weighted by atomic mass is 16.5. The van der Waals surface area contributed by atoms with Gasteiger partial charge in [0.05, 0.1) is 11.8 Å². The second-order valence-electron chi connectivity index (χ2n) is 5.84. The lowest BCUT2D eigenvalue weighted by molar-refractivity contribution is 0.242. The third-order valence-electron chi connectivity index (χ3n) is 3.08. The molecule has 22 heavy (non-hydrogen) atoms. The zero-order valence-corrected chi connectivity index (χ0v) is 13.5. The van der Waals surface area contributed by atoms with E-state index in [1.165, 1.54) is 0 Å². The van der Waals surface area contributed by atoms with Crippen LogP contribution in [0.5, 0.6) is 5.75 Å². The Bertz CT molecular complexity index is 678. The van der Waals surface area contributed by atoms with E-state index < -0.39 is 0 Å². The maximum absolute atomic E-state index is 11.8. The van der Waals surface area contributed by atoms with Crippen LogP contribution >= 0.6 is 0 Å². The minimum absolute atomic E-state index is 0.115. The number of ether oxygens (including phenoxy) is 1. The number of aromatic amines is 1. The van der Waals surface area contributed by atoms with Crippen molar-refractivity contribution < 1.29 is 4.74 Å². The van der Waals surface area contributed by atoms with Crippen LogP contribution in [0.1, 0.15) is 33.3 Å². The van der Waals surface area contributed by atoms with E-state index in [2.05, 4.69) is 15.5 Å². The largest absolute Gasteiger partial charge is 0.491 e. The molecule has 0 fully saturated rings. The van der Waals surface area contributed by atoms with Crippen molar-refractivity contribution >= 4 is 0 Å². The van der Waals surface area contributed by atoms with Crippen molar-refractivity contribution in [1.82, 2.24) is 15.5 Å². The average molecular weight is 301 g/mol. The van der Waals surface area contributed by atoms with Crippen LogP contribution in [0.2, 0.25) is 0 Å². The zero-order chi connectivity index (χ0) is 16.1. The van der Waals surface area contributed by atoms with Gasteiger partial charge in [-0.05, 0) is 32.0 Å². The number of nitrogens with zero attached hydrogens (tertiary/aromatic N) is 1. The summed E-state index contributed by atoms with van der Waals surface area (Å²) in [6.45, 7) is 8.58. The monoisotopic (exact) mass is 301 g/mol. The molecule has 0 aliphatic carbocycles. The number of rotatable bonds is 6. The van der Waals surface area contributed by atoms with Gasteiger partial charge in [0.1, 0.15) is 5.75 Å². The van der Waals surface area contributed by atoms with Gasteiger partial charge in [-0.15, -0.1) is 0 Å².